The van der Waals surface area contributed by atoms with Crippen molar-refractivity contribution in [2.24, 2.45) is 5.92 Å². The first-order valence-corrected chi connectivity index (χ1v) is 9.35. The molecule has 2 aliphatic carbocycles. The van der Waals surface area contributed by atoms with E-state index in [-0.39, 0.29) is 0 Å². The highest BCUT2D eigenvalue weighted by Gasteiger charge is 2.40. The minimum atomic E-state index is 0.460. The molecule has 0 aromatic carbocycles. The highest BCUT2D eigenvalue weighted by Crippen LogP contribution is 2.37. The summed E-state index contributed by atoms with van der Waals surface area (Å²) in [5.74, 6) is 0.873. The quantitative estimate of drug-likeness (QED) is 0.816. The lowest BCUT2D eigenvalue weighted by molar-refractivity contribution is 0.0495. The van der Waals surface area contributed by atoms with E-state index in [0.29, 0.717) is 5.54 Å². The van der Waals surface area contributed by atoms with E-state index in [2.05, 4.69) is 29.6 Å². The van der Waals surface area contributed by atoms with Crippen LogP contribution in [0.25, 0.3) is 0 Å². The SMILES string of the molecule is CN(C)C1(CNC2CCCCC2C2CCCCN2)CCC1. The van der Waals surface area contributed by atoms with Crippen LogP contribution >= 0.6 is 0 Å². The van der Waals surface area contributed by atoms with Gasteiger partial charge in [0, 0.05) is 24.2 Å². The number of piperidine rings is 1. The van der Waals surface area contributed by atoms with E-state index in [0.717, 1.165) is 18.0 Å². The molecule has 3 aliphatic rings. The van der Waals surface area contributed by atoms with Crippen molar-refractivity contribution < 1.29 is 0 Å². The van der Waals surface area contributed by atoms with E-state index < -0.39 is 0 Å². The zero-order valence-corrected chi connectivity index (χ0v) is 14.2. The van der Waals surface area contributed by atoms with Gasteiger partial charge in [0.25, 0.3) is 0 Å². The molecule has 0 amide bonds. The number of hydrogen-bond donors (Lipinski definition) is 2. The van der Waals surface area contributed by atoms with Gasteiger partial charge in [0.15, 0.2) is 0 Å². The highest BCUT2D eigenvalue weighted by atomic mass is 15.2. The third-order valence-corrected chi connectivity index (χ3v) is 6.61. The van der Waals surface area contributed by atoms with Crippen molar-refractivity contribution >= 4 is 0 Å². The topological polar surface area (TPSA) is 27.3 Å². The molecule has 122 valence electrons. The molecule has 3 rings (SSSR count). The Hall–Kier alpha value is -0.120. The van der Waals surface area contributed by atoms with Crippen molar-refractivity contribution in [3.05, 3.63) is 0 Å². The smallest absolute Gasteiger partial charge is 0.0328 e. The number of rotatable bonds is 5. The van der Waals surface area contributed by atoms with Crippen LogP contribution in [0.15, 0.2) is 0 Å². The van der Waals surface area contributed by atoms with Crippen LogP contribution in [0, 0.1) is 5.92 Å². The monoisotopic (exact) mass is 293 g/mol. The Morgan fingerprint density at radius 1 is 1.00 bits per heavy atom. The summed E-state index contributed by atoms with van der Waals surface area (Å²) in [7, 11) is 4.53. The fourth-order valence-corrected chi connectivity index (χ4v) is 4.83. The van der Waals surface area contributed by atoms with E-state index in [1.165, 1.54) is 77.3 Å². The first-order chi connectivity index (χ1) is 10.2. The Balaban J connectivity index is 1.56. The lowest BCUT2D eigenvalue weighted by Gasteiger charge is -2.49. The minimum absolute atomic E-state index is 0.460. The van der Waals surface area contributed by atoms with Crippen molar-refractivity contribution in [1.29, 1.82) is 0 Å². The lowest BCUT2D eigenvalue weighted by Crippen LogP contribution is -2.60. The maximum absolute atomic E-state index is 4.01. The van der Waals surface area contributed by atoms with Gasteiger partial charge in [-0.1, -0.05) is 19.3 Å². The Kier molecular flexibility index (Phi) is 5.23. The maximum Gasteiger partial charge on any atom is 0.0328 e. The maximum atomic E-state index is 4.01. The van der Waals surface area contributed by atoms with Crippen molar-refractivity contribution in [1.82, 2.24) is 15.5 Å². The summed E-state index contributed by atoms with van der Waals surface area (Å²) >= 11 is 0. The van der Waals surface area contributed by atoms with E-state index >= 15 is 0 Å². The average Bonchev–Trinajstić information content (AvgIpc) is 2.47. The van der Waals surface area contributed by atoms with Gasteiger partial charge >= 0.3 is 0 Å². The van der Waals surface area contributed by atoms with Crippen LogP contribution in [0.2, 0.25) is 0 Å². The van der Waals surface area contributed by atoms with Gasteiger partial charge in [-0.2, -0.15) is 0 Å². The van der Waals surface area contributed by atoms with E-state index in [9.17, 15) is 0 Å². The molecule has 3 fully saturated rings. The van der Waals surface area contributed by atoms with E-state index in [1.807, 2.05) is 0 Å². The number of hydrogen-bond acceptors (Lipinski definition) is 3. The molecule has 0 aromatic rings. The normalized spacial score (nSPS) is 36.4. The summed E-state index contributed by atoms with van der Waals surface area (Å²) in [5.41, 5.74) is 0.460. The van der Waals surface area contributed by atoms with Crippen molar-refractivity contribution in [2.45, 2.75) is 81.8 Å². The summed E-state index contributed by atoms with van der Waals surface area (Å²) in [6.45, 7) is 2.45. The standard InChI is InChI=1S/C18H35N3/c1-21(2)18(11-7-12-18)14-20-17-9-4-3-8-15(17)16-10-5-6-13-19-16/h15-17,19-20H,3-14H2,1-2H3. The predicted octanol–water partition coefficient (Wildman–Crippen LogP) is 2.76. The summed E-state index contributed by atoms with van der Waals surface area (Å²) in [6, 6.07) is 1.54. The zero-order valence-electron chi connectivity index (χ0n) is 14.2. The summed E-state index contributed by atoms with van der Waals surface area (Å²) in [4.78, 5) is 2.47. The first kappa shape index (κ1) is 15.8. The predicted molar refractivity (Wildman–Crippen MR) is 89.7 cm³/mol. The third-order valence-electron chi connectivity index (χ3n) is 6.61. The molecule has 1 heterocycles. The molecule has 3 unspecified atom stereocenters. The first-order valence-electron chi connectivity index (χ1n) is 9.35. The van der Waals surface area contributed by atoms with Crippen LogP contribution in [0.5, 0.6) is 0 Å². The van der Waals surface area contributed by atoms with Crippen LogP contribution in [0.3, 0.4) is 0 Å². The lowest BCUT2D eigenvalue weighted by atomic mass is 9.74. The highest BCUT2D eigenvalue weighted by molar-refractivity contribution is 5.00. The minimum Gasteiger partial charge on any atom is -0.314 e. The Morgan fingerprint density at radius 3 is 2.38 bits per heavy atom. The second-order valence-corrected chi connectivity index (χ2v) is 7.96. The van der Waals surface area contributed by atoms with Crippen LogP contribution in [0.4, 0.5) is 0 Å². The Bertz CT molecular complexity index is 318. The molecule has 3 nitrogen and oxygen atoms in total. The molecule has 0 radical (unpaired) electrons. The summed E-state index contributed by atoms with van der Waals surface area (Å²) < 4.78 is 0. The zero-order chi connectivity index (χ0) is 14.7. The van der Waals surface area contributed by atoms with Crippen LogP contribution in [0.1, 0.15) is 64.2 Å². The van der Waals surface area contributed by atoms with Gasteiger partial charge in [-0.25, -0.2) is 0 Å². The van der Waals surface area contributed by atoms with E-state index in [4.69, 9.17) is 0 Å². The Labute approximate surface area is 131 Å². The van der Waals surface area contributed by atoms with Crippen LogP contribution in [-0.4, -0.2) is 49.7 Å². The van der Waals surface area contributed by atoms with Crippen molar-refractivity contribution in [3.8, 4) is 0 Å². The van der Waals surface area contributed by atoms with Gasteiger partial charge < -0.3 is 15.5 Å². The molecular weight excluding hydrogens is 258 g/mol. The Morgan fingerprint density at radius 2 is 1.76 bits per heavy atom. The molecule has 0 aromatic heterocycles. The van der Waals surface area contributed by atoms with Crippen LogP contribution < -0.4 is 10.6 Å². The second kappa shape index (κ2) is 6.97. The molecule has 1 saturated heterocycles. The van der Waals surface area contributed by atoms with E-state index in [1.54, 1.807) is 0 Å². The molecule has 21 heavy (non-hydrogen) atoms. The molecule has 2 N–H and O–H groups in total. The molecule has 3 atom stereocenters. The third kappa shape index (κ3) is 3.46. The molecule has 0 spiro atoms. The van der Waals surface area contributed by atoms with Gasteiger partial charge in [0.05, 0.1) is 0 Å². The number of nitrogens with one attached hydrogen (secondary N) is 2. The van der Waals surface area contributed by atoms with Gasteiger partial charge in [-0.3, -0.25) is 0 Å². The van der Waals surface area contributed by atoms with Crippen molar-refractivity contribution in [2.75, 3.05) is 27.2 Å². The molecule has 1 aliphatic heterocycles. The molecule has 0 bridgehead atoms. The van der Waals surface area contributed by atoms with Crippen LogP contribution in [-0.2, 0) is 0 Å². The summed E-state index contributed by atoms with van der Waals surface area (Å²) in [5, 5.41) is 7.83. The van der Waals surface area contributed by atoms with Gasteiger partial charge in [0.1, 0.15) is 0 Å². The van der Waals surface area contributed by atoms with Gasteiger partial charge in [-0.05, 0) is 71.5 Å². The fraction of sp³-hybridized carbons (Fsp3) is 1.00. The summed E-state index contributed by atoms with van der Waals surface area (Å²) in [6.07, 6.45) is 14.1. The fourth-order valence-electron chi connectivity index (χ4n) is 4.83. The van der Waals surface area contributed by atoms with Crippen molar-refractivity contribution in [3.63, 3.8) is 0 Å². The second-order valence-electron chi connectivity index (χ2n) is 7.96. The number of nitrogens with zero attached hydrogens (tertiary/aromatic N) is 1. The average molecular weight is 293 g/mol. The molecular formula is C18H35N3. The molecule has 3 heteroatoms. The molecule has 2 saturated carbocycles. The van der Waals surface area contributed by atoms with Gasteiger partial charge in [0.2, 0.25) is 0 Å². The largest absolute Gasteiger partial charge is 0.314 e. The van der Waals surface area contributed by atoms with Gasteiger partial charge in [-0.15, -0.1) is 0 Å². The number of likely N-dealkylation sites (N-methyl/N-ethyl adjacent to an activating group) is 1.